The van der Waals surface area contributed by atoms with Crippen LogP contribution < -0.4 is 5.32 Å². The Morgan fingerprint density at radius 1 is 1.17 bits per heavy atom. The smallest absolute Gasteiger partial charge is 0.0107 e. The van der Waals surface area contributed by atoms with E-state index in [1.54, 1.807) is 0 Å². The summed E-state index contributed by atoms with van der Waals surface area (Å²) in [5.74, 6) is 0.890. The quantitative estimate of drug-likeness (QED) is 0.773. The molecule has 0 radical (unpaired) electrons. The van der Waals surface area contributed by atoms with E-state index in [1.807, 2.05) is 0 Å². The van der Waals surface area contributed by atoms with Gasteiger partial charge in [0.25, 0.3) is 0 Å². The van der Waals surface area contributed by atoms with Crippen molar-refractivity contribution in [3.8, 4) is 0 Å². The van der Waals surface area contributed by atoms with Gasteiger partial charge in [-0.25, -0.2) is 0 Å². The van der Waals surface area contributed by atoms with E-state index in [1.165, 1.54) is 58.2 Å². The molecular formula is C16H32N2. The summed E-state index contributed by atoms with van der Waals surface area (Å²) in [6.07, 6.45) is 8.54. The highest BCUT2D eigenvalue weighted by molar-refractivity contribution is 4.87. The van der Waals surface area contributed by atoms with Crippen LogP contribution >= 0.6 is 0 Å². The van der Waals surface area contributed by atoms with Crippen molar-refractivity contribution in [1.82, 2.24) is 10.2 Å². The predicted molar refractivity (Wildman–Crippen MR) is 78.9 cm³/mol. The van der Waals surface area contributed by atoms with Crippen LogP contribution in [0.25, 0.3) is 0 Å². The molecule has 2 fully saturated rings. The van der Waals surface area contributed by atoms with Crippen LogP contribution in [-0.2, 0) is 0 Å². The maximum absolute atomic E-state index is 3.74. The average Bonchev–Trinajstić information content (AvgIpc) is 2.52. The Balaban J connectivity index is 1.88. The molecule has 1 aliphatic carbocycles. The molecule has 0 amide bonds. The van der Waals surface area contributed by atoms with Gasteiger partial charge in [0.1, 0.15) is 0 Å². The zero-order valence-electron chi connectivity index (χ0n) is 12.7. The highest BCUT2D eigenvalue weighted by Gasteiger charge is 2.32. The summed E-state index contributed by atoms with van der Waals surface area (Å²) < 4.78 is 0. The highest BCUT2D eigenvalue weighted by Crippen LogP contribution is 2.31. The molecule has 1 N–H and O–H groups in total. The minimum Gasteiger partial charge on any atom is -0.314 e. The van der Waals surface area contributed by atoms with Crippen molar-refractivity contribution in [1.29, 1.82) is 0 Å². The number of nitrogens with zero attached hydrogens (tertiary/aromatic N) is 1. The lowest BCUT2D eigenvalue weighted by Gasteiger charge is -2.30. The van der Waals surface area contributed by atoms with E-state index < -0.39 is 0 Å². The van der Waals surface area contributed by atoms with Crippen molar-refractivity contribution < 1.29 is 0 Å². The SMILES string of the molecule is CCNC1CCCCCC1CN1CCC(C)(C)C1. The van der Waals surface area contributed by atoms with Crippen molar-refractivity contribution in [2.75, 3.05) is 26.2 Å². The van der Waals surface area contributed by atoms with Gasteiger partial charge in [0.2, 0.25) is 0 Å². The molecule has 2 atom stereocenters. The summed E-state index contributed by atoms with van der Waals surface area (Å²) in [7, 11) is 0. The molecule has 2 rings (SSSR count). The van der Waals surface area contributed by atoms with E-state index in [0.717, 1.165) is 18.5 Å². The second-order valence-corrected chi connectivity index (χ2v) is 7.21. The fourth-order valence-electron chi connectivity index (χ4n) is 3.85. The Bertz CT molecular complexity index is 249. The number of likely N-dealkylation sites (tertiary alicyclic amines) is 1. The molecule has 0 aromatic carbocycles. The van der Waals surface area contributed by atoms with Crippen LogP contribution in [0.15, 0.2) is 0 Å². The van der Waals surface area contributed by atoms with Gasteiger partial charge in [-0.15, -0.1) is 0 Å². The fourth-order valence-corrected chi connectivity index (χ4v) is 3.85. The largest absolute Gasteiger partial charge is 0.314 e. The molecule has 2 aliphatic rings. The number of nitrogens with one attached hydrogen (secondary N) is 1. The number of hydrogen-bond acceptors (Lipinski definition) is 2. The lowest BCUT2D eigenvalue weighted by Crippen LogP contribution is -2.41. The minimum atomic E-state index is 0.554. The summed E-state index contributed by atoms with van der Waals surface area (Å²) in [6.45, 7) is 12.2. The lowest BCUT2D eigenvalue weighted by molar-refractivity contribution is 0.209. The Morgan fingerprint density at radius 2 is 1.94 bits per heavy atom. The Kier molecular flexibility index (Phi) is 5.08. The number of hydrogen-bond donors (Lipinski definition) is 1. The highest BCUT2D eigenvalue weighted by atomic mass is 15.2. The molecule has 0 aromatic heterocycles. The summed E-state index contributed by atoms with van der Waals surface area (Å²) in [5, 5.41) is 3.74. The first kappa shape index (κ1) is 14.3. The van der Waals surface area contributed by atoms with Crippen LogP contribution in [0.2, 0.25) is 0 Å². The van der Waals surface area contributed by atoms with Crippen molar-refractivity contribution in [2.24, 2.45) is 11.3 Å². The normalized spacial score (nSPS) is 33.5. The monoisotopic (exact) mass is 252 g/mol. The van der Waals surface area contributed by atoms with E-state index in [2.05, 4.69) is 31.0 Å². The summed E-state index contributed by atoms with van der Waals surface area (Å²) in [6, 6.07) is 0.779. The molecular weight excluding hydrogens is 220 g/mol. The fraction of sp³-hybridized carbons (Fsp3) is 1.00. The third-order valence-corrected chi connectivity index (χ3v) is 4.87. The molecule has 1 heterocycles. The minimum absolute atomic E-state index is 0.554. The van der Waals surface area contributed by atoms with E-state index >= 15 is 0 Å². The molecule has 18 heavy (non-hydrogen) atoms. The molecule has 1 aliphatic heterocycles. The summed E-state index contributed by atoms with van der Waals surface area (Å²) in [5.41, 5.74) is 0.554. The van der Waals surface area contributed by atoms with Gasteiger partial charge in [-0.2, -0.15) is 0 Å². The van der Waals surface area contributed by atoms with Crippen molar-refractivity contribution in [3.63, 3.8) is 0 Å². The lowest BCUT2D eigenvalue weighted by atomic mass is 9.92. The molecule has 106 valence electrons. The molecule has 2 unspecified atom stereocenters. The number of rotatable bonds is 4. The zero-order valence-corrected chi connectivity index (χ0v) is 12.7. The van der Waals surface area contributed by atoms with Gasteiger partial charge < -0.3 is 10.2 Å². The molecule has 0 spiro atoms. The third-order valence-electron chi connectivity index (χ3n) is 4.87. The maximum Gasteiger partial charge on any atom is 0.0107 e. The zero-order chi connectivity index (χ0) is 13.0. The average molecular weight is 252 g/mol. The van der Waals surface area contributed by atoms with E-state index in [9.17, 15) is 0 Å². The van der Waals surface area contributed by atoms with E-state index in [4.69, 9.17) is 0 Å². The van der Waals surface area contributed by atoms with Gasteiger partial charge >= 0.3 is 0 Å². The summed E-state index contributed by atoms with van der Waals surface area (Å²) >= 11 is 0. The maximum atomic E-state index is 3.74. The standard InChI is InChI=1S/C16H32N2/c1-4-17-15-9-7-5-6-8-14(15)12-18-11-10-16(2,3)13-18/h14-15,17H,4-13H2,1-3H3. The second-order valence-electron chi connectivity index (χ2n) is 7.21. The molecule has 2 heteroatoms. The van der Waals surface area contributed by atoms with Crippen LogP contribution in [0.1, 0.15) is 59.3 Å². The van der Waals surface area contributed by atoms with Crippen molar-refractivity contribution in [3.05, 3.63) is 0 Å². The first-order valence-electron chi connectivity index (χ1n) is 8.06. The van der Waals surface area contributed by atoms with Crippen LogP contribution in [0.5, 0.6) is 0 Å². The van der Waals surface area contributed by atoms with Gasteiger partial charge in [0.15, 0.2) is 0 Å². The van der Waals surface area contributed by atoms with Crippen LogP contribution in [0.3, 0.4) is 0 Å². The van der Waals surface area contributed by atoms with Crippen LogP contribution in [0, 0.1) is 11.3 Å². The topological polar surface area (TPSA) is 15.3 Å². The molecule has 0 aromatic rings. The van der Waals surface area contributed by atoms with Gasteiger partial charge in [-0.3, -0.25) is 0 Å². The molecule has 1 saturated carbocycles. The molecule has 1 saturated heterocycles. The first-order chi connectivity index (χ1) is 8.61. The van der Waals surface area contributed by atoms with E-state index in [0.29, 0.717) is 5.41 Å². The molecule has 2 nitrogen and oxygen atoms in total. The van der Waals surface area contributed by atoms with Crippen molar-refractivity contribution >= 4 is 0 Å². The van der Waals surface area contributed by atoms with Crippen LogP contribution in [-0.4, -0.2) is 37.1 Å². The Hall–Kier alpha value is -0.0800. The first-order valence-corrected chi connectivity index (χ1v) is 8.06. The van der Waals surface area contributed by atoms with Crippen LogP contribution in [0.4, 0.5) is 0 Å². The second kappa shape index (κ2) is 6.38. The third kappa shape index (κ3) is 3.96. The predicted octanol–water partition coefficient (Wildman–Crippen LogP) is 3.28. The summed E-state index contributed by atoms with van der Waals surface area (Å²) in [4.78, 5) is 2.72. The van der Waals surface area contributed by atoms with E-state index in [-0.39, 0.29) is 0 Å². The Morgan fingerprint density at radius 3 is 2.61 bits per heavy atom. The van der Waals surface area contributed by atoms with Gasteiger partial charge in [-0.05, 0) is 43.7 Å². The Labute approximate surface area is 114 Å². The van der Waals surface area contributed by atoms with Crippen molar-refractivity contribution in [2.45, 2.75) is 65.3 Å². The van der Waals surface area contributed by atoms with Gasteiger partial charge in [0.05, 0.1) is 0 Å². The van der Waals surface area contributed by atoms with Gasteiger partial charge in [-0.1, -0.05) is 40.0 Å². The molecule has 0 bridgehead atoms. The van der Waals surface area contributed by atoms with Gasteiger partial charge in [0, 0.05) is 19.1 Å².